The lowest BCUT2D eigenvalue weighted by Gasteiger charge is -2.27. The zero-order valence-corrected chi connectivity index (χ0v) is 23.1. The van der Waals surface area contributed by atoms with Gasteiger partial charge in [0.15, 0.2) is 0 Å². The Morgan fingerprint density at radius 2 is 1.65 bits per heavy atom. The van der Waals surface area contributed by atoms with Gasteiger partial charge in [0.25, 0.3) is 20.2 Å². The molecule has 3 heterocycles. The molecule has 192 valence electrons. The average Bonchev–Trinajstić information content (AvgIpc) is 2.83. The van der Waals surface area contributed by atoms with E-state index in [4.69, 9.17) is 16.3 Å². The third-order valence-electron chi connectivity index (χ3n) is 7.04. The molecule has 3 aromatic carbocycles. The first kappa shape index (κ1) is 25.0. The maximum absolute atomic E-state index is 12.5. The van der Waals surface area contributed by atoms with Crippen LogP contribution in [0.4, 0.5) is 0 Å². The van der Waals surface area contributed by atoms with E-state index in [-0.39, 0.29) is 5.56 Å². The van der Waals surface area contributed by atoms with Crippen molar-refractivity contribution in [3.8, 4) is 11.5 Å². The number of halogens is 2. The van der Waals surface area contributed by atoms with Crippen molar-refractivity contribution in [1.82, 2.24) is 4.58 Å². The van der Waals surface area contributed by atoms with Gasteiger partial charge in [-0.15, -0.1) is 0 Å². The maximum Gasteiger partial charge on any atom is 0.295 e. The van der Waals surface area contributed by atoms with Gasteiger partial charge in [0.05, 0.1) is 15.5 Å². The van der Waals surface area contributed by atoms with E-state index in [1.165, 1.54) is 6.07 Å². The van der Waals surface area contributed by atoms with E-state index in [1.807, 2.05) is 6.07 Å². The fourth-order valence-corrected chi connectivity index (χ4v) is 7.36. The number of hydrogen-bond acceptors (Lipinski definition) is 5. The molecule has 12 heteroatoms. The molecule has 0 radical (unpaired) electrons. The highest BCUT2D eigenvalue weighted by molar-refractivity contribution is 9.10. The first-order chi connectivity index (χ1) is 17.4. The summed E-state index contributed by atoms with van der Waals surface area (Å²) in [4.78, 5) is -1.30. The van der Waals surface area contributed by atoms with Crippen molar-refractivity contribution in [1.29, 1.82) is 0 Å². The largest absolute Gasteiger partial charge is 0.455 e. The molecular formula is C25H20BrClNO7S2+. The number of hydrogen-bond donors (Lipinski definition) is 2. The molecule has 37 heavy (non-hydrogen) atoms. The number of aryl methyl sites for hydroxylation is 1. The van der Waals surface area contributed by atoms with Crippen molar-refractivity contribution in [2.75, 3.05) is 13.1 Å². The first-order valence-corrected chi connectivity index (χ1v) is 15.6. The van der Waals surface area contributed by atoms with Crippen LogP contribution in [-0.4, -0.2) is 39.0 Å². The van der Waals surface area contributed by atoms with Crippen LogP contribution in [0.1, 0.15) is 35.1 Å². The standard InChI is InChI=1S/C25H19BrClNO7S2/c26-19-12-21-17(11-20(19)27)23(15-6-5-14(36(29,30)31)10-22(15)37(32,33)34)18-9-13-3-1-7-28-8-2-4-16(24(13)28)25(18)35-21/h5-6,9-12H,1-4,7-8H2,(H-,29,30,31,32,33,34)/p+1. The minimum Gasteiger partial charge on any atom is -0.455 e. The molecule has 0 bridgehead atoms. The molecule has 2 N–H and O–H groups in total. The molecule has 0 saturated heterocycles. The molecule has 6 rings (SSSR count). The van der Waals surface area contributed by atoms with Crippen LogP contribution in [0.15, 0.2) is 50.7 Å². The van der Waals surface area contributed by atoms with E-state index in [1.54, 1.807) is 12.1 Å². The fraction of sp³-hybridized carbons (Fsp3) is 0.240. The Hall–Kier alpha value is -2.28. The zero-order chi connectivity index (χ0) is 26.3. The lowest BCUT2D eigenvalue weighted by atomic mass is 9.87. The van der Waals surface area contributed by atoms with Crippen LogP contribution >= 0.6 is 27.5 Å². The highest BCUT2D eigenvalue weighted by Crippen LogP contribution is 2.43. The highest BCUT2D eigenvalue weighted by atomic mass is 79.9. The highest BCUT2D eigenvalue weighted by Gasteiger charge is 2.33. The second-order valence-electron chi connectivity index (χ2n) is 9.28. The summed E-state index contributed by atoms with van der Waals surface area (Å²) in [6.07, 6.45) is 3.56. The molecule has 0 fully saturated rings. The summed E-state index contributed by atoms with van der Waals surface area (Å²) in [6.45, 7) is 1.91. The lowest BCUT2D eigenvalue weighted by molar-refractivity contribution is 0.437. The second-order valence-corrected chi connectivity index (χ2v) is 13.4. The molecule has 0 aromatic heterocycles. The SMILES string of the molecule is O=S(=O)(O)c1ccc(C2=c3cc4c5c(c3Oc3cc(Br)c(Cl)cc32)CCC[N+]=5CCC4)c(S(=O)(=O)O)c1. The summed E-state index contributed by atoms with van der Waals surface area (Å²) in [5, 5.41) is 2.15. The normalized spacial score (nSPS) is 16.5. The number of rotatable bonds is 3. The van der Waals surface area contributed by atoms with Crippen LogP contribution in [0.25, 0.3) is 5.57 Å². The van der Waals surface area contributed by atoms with E-state index in [0.717, 1.165) is 67.4 Å². The van der Waals surface area contributed by atoms with E-state index in [9.17, 15) is 25.9 Å². The van der Waals surface area contributed by atoms with Crippen LogP contribution < -0.4 is 19.9 Å². The van der Waals surface area contributed by atoms with Gasteiger partial charge in [-0.3, -0.25) is 9.11 Å². The average molecular weight is 626 g/mol. The third-order valence-corrected chi connectivity index (χ3v) is 9.98. The van der Waals surface area contributed by atoms with Crippen LogP contribution in [0.5, 0.6) is 11.5 Å². The molecule has 0 atom stereocenters. The summed E-state index contributed by atoms with van der Waals surface area (Å²) in [5.41, 5.74) is 3.14. The van der Waals surface area contributed by atoms with Crippen molar-refractivity contribution in [2.24, 2.45) is 0 Å². The summed E-state index contributed by atoms with van der Waals surface area (Å²) >= 11 is 9.86. The maximum atomic E-state index is 12.5. The molecule has 3 aliphatic rings. The summed E-state index contributed by atoms with van der Waals surface area (Å²) < 4.78 is 77.7. The molecule has 0 spiro atoms. The fourth-order valence-electron chi connectivity index (χ4n) is 5.57. The van der Waals surface area contributed by atoms with Crippen molar-refractivity contribution in [2.45, 2.75) is 35.5 Å². The second kappa shape index (κ2) is 8.62. The van der Waals surface area contributed by atoms with Gasteiger partial charge in [-0.2, -0.15) is 16.8 Å². The topological polar surface area (TPSA) is 121 Å². The van der Waals surface area contributed by atoms with E-state index in [0.29, 0.717) is 37.3 Å². The Morgan fingerprint density at radius 1 is 0.919 bits per heavy atom. The van der Waals surface area contributed by atoms with Gasteiger partial charge in [-0.25, -0.2) is 4.58 Å². The smallest absolute Gasteiger partial charge is 0.295 e. The van der Waals surface area contributed by atoms with Crippen LogP contribution in [-0.2, 0) is 33.1 Å². The number of fused-ring (bicyclic) bond motifs is 3. The van der Waals surface area contributed by atoms with Crippen molar-refractivity contribution in [3.05, 3.63) is 78.7 Å². The first-order valence-electron chi connectivity index (χ1n) is 11.5. The minimum atomic E-state index is -4.91. The van der Waals surface area contributed by atoms with Gasteiger partial charge < -0.3 is 4.74 Å². The van der Waals surface area contributed by atoms with Gasteiger partial charge >= 0.3 is 0 Å². The lowest BCUT2D eigenvalue weighted by Crippen LogP contribution is -2.45. The summed E-state index contributed by atoms with van der Waals surface area (Å²) in [5.74, 6) is 1.03. The van der Waals surface area contributed by atoms with Gasteiger partial charge in [0.2, 0.25) is 5.36 Å². The number of benzene rings is 3. The van der Waals surface area contributed by atoms with Crippen molar-refractivity contribution in [3.63, 3.8) is 0 Å². The van der Waals surface area contributed by atoms with Gasteiger partial charge in [-0.05, 0) is 59.1 Å². The van der Waals surface area contributed by atoms with Gasteiger partial charge in [0.1, 0.15) is 29.5 Å². The molecular weight excluding hydrogens is 606 g/mol. The summed E-state index contributed by atoms with van der Waals surface area (Å²) in [6, 6.07) is 8.46. The number of nitrogens with zero attached hydrogens (tertiary/aromatic N) is 1. The Labute approximate surface area is 226 Å². The third kappa shape index (κ3) is 4.12. The van der Waals surface area contributed by atoms with Gasteiger partial charge in [0, 0.05) is 44.8 Å². The number of ether oxygens (including phenoxy) is 1. The van der Waals surface area contributed by atoms with Crippen LogP contribution in [0.2, 0.25) is 5.02 Å². The molecule has 3 aromatic rings. The molecule has 0 saturated carbocycles. The Kier molecular flexibility index (Phi) is 5.83. The minimum absolute atomic E-state index is 0.0646. The van der Waals surface area contributed by atoms with E-state index in [2.05, 4.69) is 20.5 Å². The van der Waals surface area contributed by atoms with E-state index < -0.39 is 30.0 Å². The van der Waals surface area contributed by atoms with Gasteiger partial charge in [-0.1, -0.05) is 17.7 Å². The predicted octanol–water partition coefficient (Wildman–Crippen LogP) is 3.33. The van der Waals surface area contributed by atoms with Crippen molar-refractivity contribution >= 4 is 53.3 Å². The summed E-state index contributed by atoms with van der Waals surface area (Å²) in [7, 11) is -9.64. The molecule has 0 amide bonds. The van der Waals surface area contributed by atoms with Crippen molar-refractivity contribution < 1.29 is 30.7 Å². The molecule has 0 aliphatic carbocycles. The monoisotopic (exact) mass is 624 g/mol. The zero-order valence-electron chi connectivity index (χ0n) is 19.2. The van der Waals surface area contributed by atoms with Crippen LogP contribution in [0.3, 0.4) is 0 Å². The van der Waals surface area contributed by atoms with Crippen LogP contribution in [0, 0.1) is 0 Å². The molecule has 3 aliphatic heterocycles. The predicted molar refractivity (Wildman–Crippen MR) is 140 cm³/mol. The van der Waals surface area contributed by atoms with E-state index >= 15 is 0 Å². The Morgan fingerprint density at radius 3 is 2.35 bits per heavy atom. The Bertz CT molecular complexity index is 1880. The molecule has 0 unspecified atom stereocenters. The molecule has 8 nitrogen and oxygen atoms in total. The Balaban J connectivity index is 1.82. The quantitative estimate of drug-likeness (QED) is 0.265.